The van der Waals surface area contributed by atoms with Crippen LogP contribution in [0.3, 0.4) is 0 Å². The maximum absolute atomic E-state index is 11.7. The highest BCUT2D eigenvalue weighted by Gasteiger charge is 2.62. The van der Waals surface area contributed by atoms with Gasteiger partial charge in [-0.2, -0.15) is 0 Å². The summed E-state index contributed by atoms with van der Waals surface area (Å²) in [4.78, 5) is 11.7. The summed E-state index contributed by atoms with van der Waals surface area (Å²) in [5.41, 5.74) is -0.271. The maximum Gasteiger partial charge on any atom is 0.136 e. The molecule has 1 saturated carbocycles. The molecule has 0 amide bonds. The molecule has 2 aliphatic carbocycles. The molecule has 1 saturated heterocycles. The molecule has 3 rings (SSSR count). The number of allylic oxidation sites excluding steroid dienone is 1. The molecular weight excluding hydrogens is 232 g/mol. The first-order valence-corrected chi connectivity index (χ1v) is 6.64. The quantitative estimate of drug-likeness (QED) is 0.678. The number of rotatable bonds is 1. The van der Waals surface area contributed by atoms with Gasteiger partial charge < -0.3 is 14.9 Å². The highest BCUT2D eigenvalue weighted by Crippen LogP contribution is 2.55. The molecule has 0 aromatic heterocycles. The van der Waals surface area contributed by atoms with Gasteiger partial charge in [-0.05, 0) is 19.8 Å². The van der Waals surface area contributed by atoms with E-state index in [4.69, 9.17) is 4.74 Å². The molecule has 2 N–H and O–H groups in total. The number of hydrogen-bond acceptors (Lipinski definition) is 4. The third kappa shape index (κ3) is 1.52. The summed E-state index contributed by atoms with van der Waals surface area (Å²) in [5, 5.41) is 20.5. The van der Waals surface area contributed by atoms with Crippen molar-refractivity contribution in [2.45, 2.75) is 44.3 Å². The highest BCUT2D eigenvalue weighted by molar-refractivity contribution is 5.83. The number of carbonyl (C=O) groups is 1. The first kappa shape index (κ1) is 12.3. The molecule has 0 aromatic rings. The van der Waals surface area contributed by atoms with E-state index in [2.05, 4.69) is 13.0 Å². The molecule has 1 heterocycles. The minimum absolute atomic E-state index is 0.0261. The van der Waals surface area contributed by atoms with E-state index < -0.39 is 11.0 Å². The molecule has 100 valence electrons. The average Bonchev–Trinajstić information content (AvgIpc) is 2.65. The SMILES string of the molecule is CC1=C[C@@H]2OC[C@@]3(O)CC(=O)C[C@H]3[C@]2(CO)CC1. The topological polar surface area (TPSA) is 66.8 Å². The van der Waals surface area contributed by atoms with Crippen LogP contribution in [-0.2, 0) is 9.53 Å². The van der Waals surface area contributed by atoms with Crippen molar-refractivity contribution in [1.29, 1.82) is 0 Å². The summed E-state index contributed by atoms with van der Waals surface area (Å²) in [7, 11) is 0. The van der Waals surface area contributed by atoms with Crippen LogP contribution in [0.25, 0.3) is 0 Å². The van der Waals surface area contributed by atoms with Crippen LogP contribution in [0.5, 0.6) is 0 Å². The highest BCUT2D eigenvalue weighted by atomic mass is 16.5. The van der Waals surface area contributed by atoms with Gasteiger partial charge in [0, 0.05) is 24.2 Å². The first-order chi connectivity index (χ1) is 8.50. The summed E-state index contributed by atoms with van der Waals surface area (Å²) >= 11 is 0. The zero-order chi connectivity index (χ0) is 13.0. The second-order valence-corrected chi connectivity index (χ2v) is 6.21. The number of aliphatic hydroxyl groups excluding tert-OH is 1. The average molecular weight is 252 g/mol. The molecule has 3 aliphatic rings. The molecule has 1 aliphatic heterocycles. The van der Waals surface area contributed by atoms with E-state index in [0.717, 1.165) is 12.8 Å². The summed E-state index contributed by atoms with van der Waals surface area (Å²) < 4.78 is 5.77. The fraction of sp³-hybridized carbons (Fsp3) is 0.786. The van der Waals surface area contributed by atoms with Crippen LogP contribution < -0.4 is 0 Å². The van der Waals surface area contributed by atoms with Gasteiger partial charge in [0.25, 0.3) is 0 Å². The van der Waals surface area contributed by atoms with Crippen molar-refractivity contribution in [2.24, 2.45) is 11.3 Å². The Balaban J connectivity index is 2.02. The maximum atomic E-state index is 11.7. The van der Waals surface area contributed by atoms with Gasteiger partial charge in [0.05, 0.1) is 24.9 Å². The molecule has 4 atom stereocenters. The van der Waals surface area contributed by atoms with Crippen molar-refractivity contribution in [3.8, 4) is 0 Å². The number of ether oxygens (including phenoxy) is 1. The van der Waals surface area contributed by atoms with E-state index in [1.54, 1.807) is 0 Å². The Morgan fingerprint density at radius 2 is 2.33 bits per heavy atom. The van der Waals surface area contributed by atoms with Gasteiger partial charge in [0.2, 0.25) is 0 Å². The molecule has 0 radical (unpaired) electrons. The van der Waals surface area contributed by atoms with Crippen molar-refractivity contribution in [3.63, 3.8) is 0 Å². The van der Waals surface area contributed by atoms with E-state index >= 15 is 0 Å². The van der Waals surface area contributed by atoms with E-state index in [1.807, 2.05) is 0 Å². The lowest BCUT2D eigenvalue weighted by Crippen LogP contribution is -2.60. The Kier molecular flexibility index (Phi) is 2.66. The van der Waals surface area contributed by atoms with Crippen LogP contribution in [0.4, 0.5) is 0 Å². The lowest BCUT2D eigenvalue weighted by molar-refractivity contribution is -0.216. The predicted molar refractivity (Wildman–Crippen MR) is 64.9 cm³/mol. The Bertz CT molecular complexity index is 416. The molecule has 2 fully saturated rings. The minimum Gasteiger partial charge on any atom is -0.396 e. The van der Waals surface area contributed by atoms with E-state index in [1.165, 1.54) is 5.57 Å². The van der Waals surface area contributed by atoms with Crippen LogP contribution in [0.15, 0.2) is 11.6 Å². The summed E-state index contributed by atoms with van der Waals surface area (Å²) in [6, 6.07) is 0. The van der Waals surface area contributed by atoms with E-state index in [9.17, 15) is 15.0 Å². The largest absolute Gasteiger partial charge is 0.396 e. The predicted octanol–water partition coefficient (Wildman–Crippen LogP) is 0.814. The van der Waals surface area contributed by atoms with E-state index in [-0.39, 0.29) is 37.4 Å². The molecule has 0 unspecified atom stereocenters. The fourth-order valence-corrected chi connectivity index (χ4v) is 4.02. The van der Waals surface area contributed by atoms with E-state index in [0.29, 0.717) is 6.42 Å². The smallest absolute Gasteiger partial charge is 0.136 e. The molecule has 4 heteroatoms. The molecule has 4 nitrogen and oxygen atoms in total. The molecule has 0 bridgehead atoms. The van der Waals surface area contributed by atoms with Gasteiger partial charge in [-0.3, -0.25) is 4.79 Å². The summed E-state index contributed by atoms with van der Waals surface area (Å²) in [5.74, 6) is -0.0727. The zero-order valence-corrected chi connectivity index (χ0v) is 10.7. The lowest BCUT2D eigenvalue weighted by atomic mass is 9.59. The van der Waals surface area contributed by atoms with Crippen molar-refractivity contribution in [3.05, 3.63) is 11.6 Å². The Morgan fingerprint density at radius 1 is 1.56 bits per heavy atom. The first-order valence-electron chi connectivity index (χ1n) is 6.64. The van der Waals surface area contributed by atoms with Gasteiger partial charge >= 0.3 is 0 Å². The number of aliphatic hydroxyl groups is 2. The van der Waals surface area contributed by atoms with Crippen molar-refractivity contribution in [2.75, 3.05) is 13.2 Å². The van der Waals surface area contributed by atoms with Crippen LogP contribution in [0, 0.1) is 11.3 Å². The molecular formula is C14H20O4. The van der Waals surface area contributed by atoms with Gasteiger partial charge in [-0.25, -0.2) is 0 Å². The van der Waals surface area contributed by atoms with Gasteiger partial charge in [0.1, 0.15) is 5.78 Å². The lowest BCUT2D eigenvalue weighted by Gasteiger charge is -2.53. The third-order valence-corrected chi connectivity index (χ3v) is 5.07. The molecule has 0 aromatic carbocycles. The van der Waals surface area contributed by atoms with Gasteiger partial charge in [-0.15, -0.1) is 0 Å². The summed E-state index contributed by atoms with van der Waals surface area (Å²) in [6.45, 7) is 2.24. The molecule has 18 heavy (non-hydrogen) atoms. The number of carbonyl (C=O) groups excluding carboxylic acids is 1. The van der Waals surface area contributed by atoms with Crippen LogP contribution >= 0.6 is 0 Å². The van der Waals surface area contributed by atoms with Gasteiger partial charge in [-0.1, -0.05) is 11.6 Å². The Hall–Kier alpha value is -0.710. The van der Waals surface area contributed by atoms with Crippen molar-refractivity contribution >= 4 is 5.78 Å². The standard InChI is InChI=1S/C14H20O4/c1-9-2-3-13(7-15)11-5-10(16)6-14(11,17)8-18-12(13)4-9/h4,11-12,15,17H,2-3,5-8H2,1H3/t11-,12-,13+,14-/m0/s1. The second-order valence-electron chi connectivity index (χ2n) is 6.21. The fourth-order valence-electron chi connectivity index (χ4n) is 4.02. The van der Waals surface area contributed by atoms with Crippen molar-refractivity contribution < 1.29 is 19.7 Å². The second kappa shape index (κ2) is 3.89. The normalized spacial score (nSPS) is 47.5. The van der Waals surface area contributed by atoms with Crippen molar-refractivity contribution in [1.82, 2.24) is 0 Å². The van der Waals surface area contributed by atoms with Crippen LogP contribution in [0.2, 0.25) is 0 Å². The van der Waals surface area contributed by atoms with Crippen LogP contribution in [0.1, 0.15) is 32.6 Å². The Labute approximate surface area is 107 Å². The number of hydrogen-bond donors (Lipinski definition) is 2. The minimum atomic E-state index is -1.06. The zero-order valence-electron chi connectivity index (χ0n) is 10.7. The number of fused-ring (bicyclic) bond motifs is 3. The number of Topliss-reactive ketones (excluding diaryl/α,β-unsaturated/α-hetero) is 1. The van der Waals surface area contributed by atoms with Crippen LogP contribution in [-0.4, -0.2) is 40.9 Å². The number of ketones is 1. The third-order valence-electron chi connectivity index (χ3n) is 5.07. The molecule has 0 spiro atoms. The monoisotopic (exact) mass is 252 g/mol. The Morgan fingerprint density at radius 3 is 3.06 bits per heavy atom. The van der Waals surface area contributed by atoms with Gasteiger partial charge in [0.15, 0.2) is 0 Å². The summed E-state index contributed by atoms with van der Waals surface area (Å²) in [6.07, 6.45) is 4.14.